The smallest absolute Gasteiger partial charge is 0.359 e. The Bertz CT molecular complexity index is 1090. The molecule has 3 rings (SSSR count). The van der Waals surface area contributed by atoms with Crippen molar-refractivity contribution in [2.75, 3.05) is 13.7 Å². The van der Waals surface area contributed by atoms with Crippen LogP contribution in [0, 0.1) is 0 Å². The standard InChI is InChI=1S/C19H16ClNO6S/c1-3-21-16(19(23)26-2)17(13-9-5-7-11-15(13)28(21,24)25)27-18(22)12-8-4-6-10-14(12)20/h4-11H,3H2,1-2H3. The van der Waals surface area contributed by atoms with Crippen LogP contribution in [0.25, 0.3) is 5.76 Å². The zero-order valence-corrected chi connectivity index (χ0v) is 16.6. The molecule has 146 valence electrons. The van der Waals surface area contributed by atoms with E-state index in [1.807, 2.05) is 0 Å². The number of carbonyl (C=O) groups excluding carboxylic acids is 2. The maximum absolute atomic E-state index is 12.9. The molecule has 0 unspecified atom stereocenters. The summed E-state index contributed by atoms with van der Waals surface area (Å²) in [5.41, 5.74) is -0.202. The predicted molar refractivity (Wildman–Crippen MR) is 102 cm³/mol. The largest absolute Gasteiger partial charge is 0.464 e. The van der Waals surface area contributed by atoms with Crippen molar-refractivity contribution in [3.05, 3.63) is 70.4 Å². The molecule has 0 radical (unpaired) electrons. The summed E-state index contributed by atoms with van der Waals surface area (Å²) >= 11 is 6.05. The Labute approximate surface area is 167 Å². The molecule has 7 nitrogen and oxygen atoms in total. The van der Waals surface area contributed by atoms with Gasteiger partial charge in [0.25, 0.3) is 10.0 Å². The minimum Gasteiger partial charge on any atom is -0.464 e. The second kappa shape index (κ2) is 7.65. The van der Waals surface area contributed by atoms with Crippen LogP contribution in [0.5, 0.6) is 0 Å². The van der Waals surface area contributed by atoms with E-state index in [0.717, 1.165) is 11.4 Å². The molecule has 0 fully saturated rings. The van der Waals surface area contributed by atoms with E-state index in [1.165, 1.54) is 24.3 Å². The second-order valence-corrected chi connectivity index (χ2v) is 7.94. The van der Waals surface area contributed by atoms with Gasteiger partial charge in [-0.2, -0.15) is 0 Å². The first kappa shape index (κ1) is 19.9. The number of hydrogen-bond acceptors (Lipinski definition) is 6. The zero-order valence-electron chi connectivity index (χ0n) is 15.0. The van der Waals surface area contributed by atoms with E-state index in [2.05, 4.69) is 0 Å². The number of benzene rings is 2. The molecule has 1 aliphatic rings. The Hall–Kier alpha value is -2.84. The summed E-state index contributed by atoms with van der Waals surface area (Å²) in [6, 6.07) is 12.2. The van der Waals surface area contributed by atoms with Crippen LogP contribution in [-0.4, -0.2) is 38.3 Å². The molecule has 9 heteroatoms. The molecule has 0 aromatic heterocycles. The third kappa shape index (κ3) is 3.25. The van der Waals surface area contributed by atoms with Gasteiger partial charge in [-0.15, -0.1) is 0 Å². The normalized spacial score (nSPS) is 15.0. The van der Waals surface area contributed by atoms with Gasteiger partial charge in [0, 0.05) is 12.1 Å². The van der Waals surface area contributed by atoms with Gasteiger partial charge < -0.3 is 9.47 Å². The zero-order chi connectivity index (χ0) is 20.5. The summed E-state index contributed by atoms with van der Waals surface area (Å²) in [6.07, 6.45) is 0. The summed E-state index contributed by atoms with van der Waals surface area (Å²) < 4.78 is 37.0. The van der Waals surface area contributed by atoms with E-state index in [4.69, 9.17) is 21.1 Å². The highest BCUT2D eigenvalue weighted by molar-refractivity contribution is 7.89. The van der Waals surface area contributed by atoms with Crippen LogP contribution < -0.4 is 0 Å². The molecular weight excluding hydrogens is 406 g/mol. The van der Waals surface area contributed by atoms with Crippen LogP contribution in [0.15, 0.2) is 59.1 Å². The molecule has 0 atom stereocenters. The van der Waals surface area contributed by atoms with Gasteiger partial charge in [0.15, 0.2) is 11.5 Å². The van der Waals surface area contributed by atoms with Gasteiger partial charge in [0.1, 0.15) is 0 Å². The molecular formula is C19H16ClNO6S. The van der Waals surface area contributed by atoms with Crippen LogP contribution in [0.3, 0.4) is 0 Å². The molecule has 0 amide bonds. The highest BCUT2D eigenvalue weighted by Gasteiger charge is 2.41. The Kier molecular flexibility index (Phi) is 5.44. The van der Waals surface area contributed by atoms with E-state index in [1.54, 1.807) is 31.2 Å². The van der Waals surface area contributed by atoms with Crippen molar-refractivity contribution in [1.29, 1.82) is 0 Å². The van der Waals surface area contributed by atoms with Crippen molar-refractivity contribution >= 4 is 39.3 Å². The van der Waals surface area contributed by atoms with Crippen LogP contribution in [0.2, 0.25) is 5.02 Å². The third-order valence-electron chi connectivity index (χ3n) is 4.12. The number of hydrogen-bond donors (Lipinski definition) is 0. The van der Waals surface area contributed by atoms with Crippen LogP contribution in [0.1, 0.15) is 22.8 Å². The van der Waals surface area contributed by atoms with E-state index in [9.17, 15) is 18.0 Å². The topological polar surface area (TPSA) is 90.0 Å². The number of carbonyl (C=O) groups is 2. The summed E-state index contributed by atoms with van der Waals surface area (Å²) in [4.78, 5) is 25.0. The fourth-order valence-corrected chi connectivity index (χ4v) is 4.73. The summed E-state index contributed by atoms with van der Waals surface area (Å²) in [5, 5.41) is 0.164. The Morgan fingerprint density at radius 2 is 1.68 bits per heavy atom. The van der Waals surface area contributed by atoms with E-state index in [-0.39, 0.29) is 39.0 Å². The first-order chi connectivity index (χ1) is 13.3. The predicted octanol–water partition coefficient (Wildman–Crippen LogP) is 3.06. The number of halogens is 1. The number of methoxy groups -OCH3 is 1. The minimum absolute atomic E-state index is 0.0613. The Balaban J connectivity index is 2.24. The molecule has 0 saturated heterocycles. The van der Waals surface area contributed by atoms with Crippen LogP contribution >= 0.6 is 11.6 Å². The number of rotatable bonds is 4. The highest BCUT2D eigenvalue weighted by Crippen LogP contribution is 2.38. The van der Waals surface area contributed by atoms with Crippen molar-refractivity contribution in [3.8, 4) is 0 Å². The molecule has 0 aliphatic carbocycles. The number of sulfonamides is 1. The van der Waals surface area contributed by atoms with Crippen LogP contribution in [0.4, 0.5) is 0 Å². The Morgan fingerprint density at radius 3 is 2.32 bits per heavy atom. The number of ether oxygens (including phenoxy) is 2. The van der Waals surface area contributed by atoms with Crippen LogP contribution in [-0.2, 0) is 24.3 Å². The maximum atomic E-state index is 12.9. The van der Waals surface area contributed by atoms with E-state index >= 15 is 0 Å². The van der Waals surface area contributed by atoms with E-state index < -0.39 is 22.0 Å². The lowest BCUT2D eigenvalue weighted by molar-refractivity contribution is -0.137. The lowest BCUT2D eigenvalue weighted by Gasteiger charge is -2.31. The molecule has 1 heterocycles. The second-order valence-electron chi connectivity index (χ2n) is 5.70. The lowest BCUT2D eigenvalue weighted by atomic mass is 10.1. The van der Waals surface area contributed by atoms with Gasteiger partial charge in [0.2, 0.25) is 0 Å². The van der Waals surface area contributed by atoms with Gasteiger partial charge in [-0.05, 0) is 31.2 Å². The number of nitrogens with zero attached hydrogens (tertiary/aromatic N) is 1. The van der Waals surface area contributed by atoms with Gasteiger partial charge in [-0.25, -0.2) is 18.0 Å². The van der Waals surface area contributed by atoms with Gasteiger partial charge in [0.05, 0.1) is 22.6 Å². The van der Waals surface area contributed by atoms with Gasteiger partial charge in [-0.1, -0.05) is 35.9 Å². The first-order valence-electron chi connectivity index (χ1n) is 8.24. The van der Waals surface area contributed by atoms with Crippen molar-refractivity contribution in [2.24, 2.45) is 0 Å². The Morgan fingerprint density at radius 1 is 1.04 bits per heavy atom. The van der Waals surface area contributed by atoms with Crippen molar-refractivity contribution in [2.45, 2.75) is 11.8 Å². The van der Waals surface area contributed by atoms with E-state index in [0.29, 0.717) is 0 Å². The average molecular weight is 422 g/mol. The fourth-order valence-electron chi connectivity index (χ4n) is 2.86. The van der Waals surface area contributed by atoms with Crippen molar-refractivity contribution in [1.82, 2.24) is 4.31 Å². The lowest BCUT2D eigenvalue weighted by Crippen LogP contribution is -2.39. The molecule has 28 heavy (non-hydrogen) atoms. The highest BCUT2D eigenvalue weighted by atomic mass is 35.5. The molecule has 0 bridgehead atoms. The molecule has 0 spiro atoms. The fraction of sp³-hybridized carbons (Fsp3) is 0.158. The first-order valence-corrected chi connectivity index (χ1v) is 10.1. The maximum Gasteiger partial charge on any atom is 0.359 e. The third-order valence-corrected chi connectivity index (χ3v) is 6.38. The SMILES string of the molecule is CCN1C(C(=O)OC)=C(OC(=O)c2ccccc2Cl)c2ccccc2S1(=O)=O. The van der Waals surface area contributed by atoms with Gasteiger partial charge in [-0.3, -0.25) is 4.31 Å². The molecule has 0 saturated carbocycles. The van der Waals surface area contributed by atoms with Gasteiger partial charge >= 0.3 is 11.9 Å². The average Bonchev–Trinajstić information content (AvgIpc) is 2.69. The molecule has 0 N–H and O–H groups in total. The monoisotopic (exact) mass is 421 g/mol. The van der Waals surface area contributed by atoms with Crippen molar-refractivity contribution in [3.63, 3.8) is 0 Å². The summed E-state index contributed by atoms with van der Waals surface area (Å²) in [5.74, 6) is -1.97. The van der Waals surface area contributed by atoms with Crippen molar-refractivity contribution < 1.29 is 27.5 Å². The minimum atomic E-state index is -4.02. The number of fused-ring (bicyclic) bond motifs is 1. The summed E-state index contributed by atoms with van der Waals surface area (Å²) in [6.45, 7) is 1.50. The quantitative estimate of drug-likeness (QED) is 0.705. The molecule has 2 aromatic rings. The summed E-state index contributed by atoms with van der Waals surface area (Å²) in [7, 11) is -2.91. The molecule has 1 aliphatic heterocycles. The number of esters is 2. The molecule has 2 aromatic carbocycles. The number of likely N-dealkylation sites (N-methyl/N-ethyl adjacent to an activating group) is 1.